The topological polar surface area (TPSA) is 37.4 Å². The van der Waals surface area contributed by atoms with Crippen LogP contribution in [0.25, 0.3) is 0 Å². The molecular formula is C11H2Br2F5NO2. The summed E-state index contributed by atoms with van der Waals surface area (Å²) in [5.74, 6) is -12.7. The summed E-state index contributed by atoms with van der Waals surface area (Å²) in [6, 6.07) is 0. The maximum absolute atomic E-state index is 13.5. The van der Waals surface area contributed by atoms with Crippen molar-refractivity contribution >= 4 is 43.7 Å². The third kappa shape index (κ3) is 2.39. The van der Waals surface area contributed by atoms with E-state index in [4.69, 9.17) is 0 Å². The molecule has 0 N–H and O–H groups in total. The minimum Gasteiger partial charge on any atom is -0.269 e. The van der Waals surface area contributed by atoms with Gasteiger partial charge < -0.3 is 0 Å². The minimum absolute atomic E-state index is 0.212. The summed E-state index contributed by atoms with van der Waals surface area (Å²) in [6.45, 7) is -1.09. The first-order chi connectivity index (χ1) is 9.68. The number of carbonyl (C=O) groups excluding carboxylic acids is 2. The Labute approximate surface area is 130 Å². The van der Waals surface area contributed by atoms with E-state index < -0.39 is 53.0 Å². The van der Waals surface area contributed by atoms with E-state index in [-0.39, 0.29) is 8.96 Å². The third-order valence-electron chi connectivity index (χ3n) is 2.68. The summed E-state index contributed by atoms with van der Waals surface area (Å²) in [5.41, 5.74) is -1.27. The van der Waals surface area contributed by atoms with E-state index in [0.29, 0.717) is 4.90 Å². The van der Waals surface area contributed by atoms with Crippen molar-refractivity contribution < 1.29 is 31.5 Å². The molecule has 0 saturated heterocycles. The molecular weight excluding hydrogens is 433 g/mol. The molecule has 1 aliphatic heterocycles. The van der Waals surface area contributed by atoms with E-state index in [1.54, 1.807) is 0 Å². The van der Waals surface area contributed by atoms with Crippen molar-refractivity contribution in [1.29, 1.82) is 0 Å². The van der Waals surface area contributed by atoms with Crippen LogP contribution in [0.2, 0.25) is 0 Å². The van der Waals surface area contributed by atoms with E-state index in [1.165, 1.54) is 0 Å². The van der Waals surface area contributed by atoms with Gasteiger partial charge in [-0.1, -0.05) is 0 Å². The average molecular weight is 435 g/mol. The number of benzene rings is 1. The molecule has 21 heavy (non-hydrogen) atoms. The zero-order valence-electron chi connectivity index (χ0n) is 9.62. The second-order valence-electron chi connectivity index (χ2n) is 3.87. The van der Waals surface area contributed by atoms with Crippen molar-refractivity contribution in [1.82, 2.24) is 4.90 Å². The van der Waals surface area contributed by atoms with Crippen LogP contribution < -0.4 is 0 Å². The molecule has 10 heteroatoms. The molecule has 3 nitrogen and oxygen atoms in total. The molecule has 112 valence electrons. The van der Waals surface area contributed by atoms with Gasteiger partial charge in [0.1, 0.15) is 8.96 Å². The molecule has 0 bridgehead atoms. The van der Waals surface area contributed by atoms with Gasteiger partial charge in [-0.05, 0) is 31.9 Å². The lowest BCUT2D eigenvalue weighted by Gasteiger charge is -2.16. The highest BCUT2D eigenvalue weighted by molar-refractivity contribution is 9.14. The Morgan fingerprint density at radius 3 is 1.43 bits per heavy atom. The van der Waals surface area contributed by atoms with Gasteiger partial charge >= 0.3 is 0 Å². The summed E-state index contributed by atoms with van der Waals surface area (Å²) in [4.78, 5) is 23.6. The normalized spacial score (nSPS) is 15.5. The van der Waals surface area contributed by atoms with Gasteiger partial charge in [-0.3, -0.25) is 14.5 Å². The van der Waals surface area contributed by atoms with Gasteiger partial charge in [0.25, 0.3) is 11.8 Å². The Bertz CT molecular complexity index is 666. The number of amides is 2. The van der Waals surface area contributed by atoms with Crippen LogP contribution in [0, 0.1) is 29.1 Å². The smallest absolute Gasteiger partial charge is 0.269 e. The van der Waals surface area contributed by atoms with Crippen molar-refractivity contribution in [3.05, 3.63) is 43.6 Å². The van der Waals surface area contributed by atoms with Crippen molar-refractivity contribution in [3.8, 4) is 0 Å². The molecule has 2 rings (SSSR count). The summed E-state index contributed by atoms with van der Waals surface area (Å²) in [6.07, 6.45) is 0. The van der Waals surface area contributed by atoms with E-state index in [0.717, 1.165) is 0 Å². The summed E-state index contributed by atoms with van der Waals surface area (Å²) < 4.78 is 65.6. The van der Waals surface area contributed by atoms with E-state index in [9.17, 15) is 31.5 Å². The zero-order chi connectivity index (χ0) is 16.1. The standard InChI is InChI=1S/C11H2Br2F5NO2/c12-3-4(13)11(21)19(10(3)20)1-2-5(14)7(16)9(18)8(17)6(2)15/h1H2. The van der Waals surface area contributed by atoms with Gasteiger partial charge in [0.2, 0.25) is 5.82 Å². The molecule has 0 saturated carbocycles. The maximum Gasteiger partial charge on any atom is 0.269 e. The van der Waals surface area contributed by atoms with Crippen LogP contribution in [-0.4, -0.2) is 16.7 Å². The van der Waals surface area contributed by atoms with Crippen LogP contribution in [-0.2, 0) is 16.1 Å². The molecule has 2 amide bonds. The van der Waals surface area contributed by atoms with Crippen LogP contribution in [0.15, 0.2) is 8.96 Å². The molecule has 1 aromatic rings. The molecule has 0 radical (unpaired) electrons. The van der Waals surface area contributed by atoms with Crippen LogP contribution in [0.1, 0.15) is 5.56 Å². The molecule has 0 aliphatic carbocycles. The highest BCUT2D eigenvalue weighted by Gasteiger charge is 2.38. The quantitative estimate of drug-likeness (QED) is 0.310. The van der Waals surface area contributed by atoms with Gasteiger partial charge in [0.05, 0.1) is 6.54 Å². The first kappa shape index (κ1) is 16.1. The van der Waals surface area contributed by atoms with Crippen LogP contribution in [0.5, 0.6) is 0 Å². The van der Waals surface area contributed by atoms with Crippen molar-refractivity contribution in [2.24, 2.45) is 0 Å². The summed E-state index contributed by atoms with van der Waals surface area (Å²) in [5, 5.41) is 0. The van der Waals surface area contributed by atoms with Crippen molar-refractivity contribution in [3.63, 3.8) is 0 Å². The molecule has 1 aromatic carbocycles. The third-order valence-corrected chi connectivity index (χ3v) is 4.68. The fourth-order valence-electron chi connectivity index (χ4n) is 1.61. The molecule has 0 aromatic heterocycles. The zero-order valence-corrected chi connectivity index (χ0v) is 12.8. The second kappa shape index (κ2) is 5.48. The van der Waals surface area contributed by atoms with Crippen molar-refractivity contribution in [2.75, 3.05) is 0 Å². The number of halogens is 7. The number of imide groups is 1. The Kier molecular flexibility index (Phi) is 4.20. The number of hydrogen-bond acceptors (Lipinski definition) is 2. The molecule has 0 unspecified atom stereocenters. The first-order valence-corrected chi connectivity index (χ1v) is 6.68. The fourth-order valence-corrected chi connectivity index (χ4v) is 2.38. The lowest BCUT2D eigenvalue weighted by molar-refractivity contribution is -0.137. The lowest BCUT2D eigenvalue weighted by atomic mass is 10.1. The maximum atomic E-state index is 13.5. The summed E-state index contributed by atoms with van der Waals surface area (Å²) in [7, 11) is 0. The van der Waals surface area contributed by atoms with Gasteiger partial charge in [-0.25, -0.2) is 22.0 Å². The van der Waals surface area contributed by atoms with Gasteiger partial charge in [-0.15, -0.1) is 0 Å². The van der Waals surface area contributed by atoms with E-state index >= 15 is 0 Å². The Hall–Kier alpha value is -1.29. The fraction of sp³-hybridized carbons (Fsp3) is 0.0909. The lowest BCUT2D eigenvalue weighted by Crippen LogP contribution is -2.31. The average Bonchev–Trinajstić information content (AvgIpc) is 2.64. The number of carbonyl (C=O) groups is 2. The number of rotatable bonds is 2. The highest BCUT2D eigenvalue weighted by Crippen LogP contribution is 2.32. The first-order valence-electron chi connectivity index (χ1n) is 5.10. The van der Waals surface area contributed by atoms with Gasteiger partial charge in [0.15, 0.2) is 23.3 Å². The largest absolute Gasteiger partial charge is 0.269 e. The van der Waals surface area contributed by atoms with Gasteiger partial charge in [-0.2, -0.15) is 0 Å². The highest BCUT2D eigenvalue weighted by atomic mass is 79.9. The Morgan fingerprint density at radius 1 is 0.714 bits per heavy atom. The van der Waals surface area contributed by atoms with Crippen LogP contribution in [0.4, 0.5) is 22.0 Å². The molecule has 0 fully saturated rings. The molecule has 0 spiro atoms. The SMILES string of the molecule is O=C1C(Br)=C(Br)C(=O)N1Cc1c(F)c(F)c(F)c(F)c1F. The molecule has 1 heterocycles. The predicted molar refractivity (Wildman–Crippen MR) is 66.7 cm³/mol. The minimum atomic E-state index is -2.31. The van der Waals surface area contributed by atoms with Gasteiger partial charge in [0, 0.05) is 5.56 Å². The number of nitrogens with zero attached hydrogens (tertiary/aromatic N) is 1. The number of hydrogen-bond donors (Lipinski definition) is 0. The molecule has 0 atom stereocenters. The second-order valence-corrected chi connectivity index (χ2v) is 5.46. The molecule has 1 aliphatic rings. The summed E-state index contributed by atoms with van der Waals surface area (Å²) >= 11 is 5.53. The Morgan fingerprint density at radius 2 is 1.05 bits per heavy atom. The van der Waals surface area contributed by atoms with E-state index in [1.807, 2.05) is 0 Å². The van der Waals surface area contributed by atoms with Crippen molar-refractivity contribution in [2.45, 2.75) is 6.54 Å². The predicted octanol–water partition coefficient (Wildman–Crippen LogP) is 3.25. The van der Waals surface area contributed by atoms with Crippen LogP contribution in [0.3, 0.4) is 0 Å². The Balaban J connectivity index is 2.48. The van der Waals surface area contributed by atoms with Crippen LogP contribution >= 0.6 is 31.9 Å². The monoisotopic (exact) mass is 433 g/mol. The van der Waals surface area contributed by atoms with E-state index in [2.05, 4.69) is 31.9 Å².